The van der Waals surface area contributed by atoms with Crippen LogP contribution in [0, 0.1) is 10.1 Å². The van der Waals surface area contributed by atoms with Crippen molar-refractivity contribution in [1.29, 1.82) is 0 Å². The van der Waals surface area contributed by atoms with E-state index in [0.29, 0.717) is 22.7 Å². The Kier molecular flexibility index (Phi) is 4.79. The fourth-order valence-corrected chi connectivity index (χ4v) is 2.87. The number of methoxy groups -OCH3 is 1. The number of allylic oxidation sites excluding steroid dienone is 1. The number of carbonyl (C=O) groups excluding carboxylic acids is 1. The highest BCUT2D eigenvalue weighted by Crippen LogP contribution is 2.31. The average Bonchev–Trinajstić information content (AvgIpc) is 2.67. The molecule has 1 atom stereocenters. The Balaban J connectivity index is 2.11. The minimum absolute atomic E-state index is 0.0463. The van der Waals surface area contributed by atoms with Crippen LogP contribution in [0.2, 0.25) is 0 Å². The van der Waals surface area contributed by atoms with Crippen LogP contribution in [0.1, 0.15) is 24.1 Å². The normalized spacial score (nSPS) is 16.5. The van der Waals surface area contributed by atoms with Crippen molar-refractivity contribution in [3.8, 4) is 0 Å². The Hall–Kier alpha value is -3.48. The molecule has 0 aromatic heterocycles. The lowest BCUT2D eigenvalue weighted by atomic mass is 9.94. The van der Waals surface area contributed by atoms with E-state index in [1.165, 1.54) is 19.2 Å². The smallest absolute Gasteiger partial charge is 0.338 e. The number of amidine groups is 1. The first-order valence-corrected chi connectivity index (χ1v) is 7.95. The molecule has 7 heteroatoms. The van der Waals surface area contributed by atoms with Crippen molar-refractivity contribution in [3.05, 3.63) is 87.1 Å². The highest BCUT2D eigenvalue weighted by atomic mass is 16.6. The maximum Gasteiger partial charge on any atom is 0.338 e. The van der Waals surface area contributed by atoms with Crippen LogP contribution in [0.5, 0.6) is 0 Å². The molecule has 0 spiro atoms. The Labute approximate surface area is 150 Å². The van der Waals surface area contributed by atoms with Gasteiger partial charge in [-0.3, -0.25) is 10.1 Å². The van der Waals surface area contributed by atoms with Crippen molar-refractivity contribution in [3.63, 3.8) is 0 Å². The average molecular weight is 351 g/mol. The SMILES string of the molecule is COC(=O)C1=C(C)N=C(c2ccccc2)NC1c1cccc([N+](=O)[O-])c1. The molecule has 0 fully saturated rings. The number of carbonyl (C=O) groups is 1. The predicted molar refractivity (Wildman–Crippen MR) is 96.7 cm³/mol. The molecule has 7 nitrogen and oxygen atoms in total. The number of rotatable bonds is 4. The van der Waals surface area contributed by atoms with Gasteiger partial charge in [0.2, 0.25) is 0 Å². The van der Waals surface area contributed by atoms with E-state index in [1.807, 2.05) is 30.3 Å². The minimum atomic E-state index is -0.602. The number of nitro groups is 1. The number of nitro benzene ring substituents is 1. The zero-order chi connectivity index (χ0) is 18.7. The van der Waals surface area contributed by atoms with Crippen LogP contribution in [0.25, 0.3) is 0 Å². The lowest BCUT2D eigenvalue weighted by Crippen LogP contribution is -2.36. The molecule has 2 aromatic rings. The number of hydrogen-bond donors (Lipinski definition) is 1. The largest absolute Gasteiger partial charge is 0.466 e. The number of nitrogens with one attached hydrogen (secondary N) is 1. The van der Waals surface area contributed by atoms with Gasteiger partial charge in [-0.15, -0.1) is 0 Å². The molecule has 2 aromatic carbocycles. The first-order chi connectivity index (χ1) is 12.5. The first kappa shape index (κ1) is 17.3. The van der Waals surface area contributed by atoms with Crippen LogP contribution in [0.3, 0.4) is 0 Å². The van der Waals surface area contributed by atoms with Crippen molar-refractivity contribution in [2.24, 2.45) is 4.99 Å². The Morgan fingerprint density at radius 3 is 2.58 bits per heavy atom. The third kappa shape index (κ3) is 3.32. The first-order valence-electron chi connectivity index (χ1n) is 7.95. The van der Waals surface area contributed by atoms with E-state index in [1.54, 1.807) is 19.1 Å². The van der Waals surface area contributed by atoms with E-state index < -0.39 is 16.9 Å². The van der Waals surface area contributed by atoms with Gasteiger partial charge in [0.15, 0.2) is 0 Å². The molecule has 0 bridgehead atoms. The van der Waals surface area contributed by atoms with Crippen molar-refractivity contribution < 1.29 is 14.5 Å². The second kappa shape index (κ2) is 7.18. The van der Waals surface area contributed by atoms with E-state index in [4.69, 9.17) is 4.74 Å². The summed E-state index contributed by atoms with van der Waals surface area (Å²) >= 11 is 0. The number of benzene rings is 2. The lowest BCUT2D eigenvalue weighted by Gasteiger charge is -2.27. The Morgan fingerprint density at radius 1 is 1.19 bits per heavy atom. The minimum Gasteiger partial charge on any atom is -0.466 e. The molecule has 1 N–H and O–H groups in total. The number of non-ortho nitro benzene ring substituents is 1. The molecule has 26 heavy (non-hydrogen) atoms. The molecule has 0 saturated carbocycles. The zero-order valence-corrected chi connectivity index (χ0v) is 14.3. The van der Waals surface area contributed by atoms with Crippen molar-refractivity contribution in [2.45, 2.75) is 13.0 Å². The Morgan fingerprint density at radius 2 is 1.92 bits per heavy atom. The standard InChI is InChI=1S/C19H17N3O4/c1-12-16(19(23)26-2)17(14-9-6-10-15(11-14)22(24)25)21-18(20-12)13-7-4-3-5-8-13/h3-11,17H,1-2H3,(H,20,21). The molecule has 1 aliphatic rings. The third-order valence-electron chi connectivity index (χ3n) is 4.11. The summed E-state index contributed by atoms with van der Waals surface area (Å²) in [5.74, 6) is 0.0645. The number of esters is 1. The van der Waals surface area contributed by atoms with E-state index in [2.05, 4.69) is 10.3 Å². The molecule has 1 unspecified atom stereocenters. The van der Waals surface area contributed by atoms with Crippen LogP contribution in [0.4, 0.5) is 5.69 Å². The molecule has 1 aliphatic heterocycles. The summed E-state index contributed by atoms with van der Waals surface area (Å²) in [6.45, 7) is 1.72. The predicted octanol–water partition coefficient (Wildman–Crippen LogP) is 3.13. The van der Waals surface area contributed by atoms with Crippen molar-refractivity contribution in [2.75, 3.05) is 7.11 Å². The summed E-state index contributed by atoms with van der Waals surface area (Å²) < 4.78 is 4.89. The number of hydrogen-bond acceptors (Lipinski definition) is 6. The van der Waals surface area contributed by atoms with Gasteiger partial charge in [0.25, 0.3) is 5.69 Å². The van der Waals surface area contributed by atoms with Crippen LogP contribution >= 0.6 is 0 Å². The summed E-state index contributed by atoms with van der Waals surface area (Å²) in [7, 11) is 1.30. The van der Waals surface area contributed by atoms with Crippen LogP contribution < -0.4 is 5.32 Å². The van der Waals surface area contributed by atoms with Gasteiger partial charge in [-0.1, -0.05) is 42.5 Å². The Bertz CT molecular complexity index is 919. The second-order valence-corrected chi connectivity index (χ2v) is 5.75. The summed E-state index contributed by atoms with van der Waals surface area (Å²) in [5.41, 5.74) is 2.22. The molecule has 132 valence electrons. The van der Waals surface area contributed by atoms with Gasteiger partial charge in [-0.25, -0.2) is 9.79 Å². The van der Waals surface area contributed by atoms with Crippen LogP contribution in [-0.2, 0) is 9.53 Å². The molecular formula is C19H17N3O4. The fourth-order valence-electron chi connectivity index (χ4n) is 2.87. The van der Waals surface area contributed by atoms with Gasteiger partial charge < -0.3 is 10.1 Å². The number of ether oxygens (including phenoxy) is 1. The van der Waals surface area contributed by atoms with Gasteiger partial charge in [-0.2, -0.15) is 0 Å². The summed E-state index contributed by atoms with van der Waals surface area (Å²) in [4.78, 5) is 27.4. The highest BCUT2D eigenvalue weighted by Gasteiger charge is 2.31. The molecule has 0 saturated heterocycles. The van der Waals surface area contributed by atoms with E-state index in [-0.39, 0.29) is 5.69 Å². The van der Waals surface area contributed by atoms with Gasteiger partial charge in [-0.05, 0) is 12.5 Å². The molecule has 3 rings (SSSR count). The van der Waals surface area contributed by atoms with Gasteiger partial charge in [0.05, 0.1) is 29.3 Å². The monoisotopic (exact) mass is 351 g/mol. The summed E-state index contributed by atoms with van der Waals surface area (Å²) in [6, 6.07) is 15.0. The molecular weight excluding hydrogens is 334 g/mol. The summed E-state index contributed by atoms with van der Waals surface area (Å²) in [6.07, 6.45) is 0. The van der Waals surface area contributed by atoms with E-state index >= 15 is 0 Å². The highest BCUT2D eigenvalue weighted by molar-refractivity contribution is 6.03. The molecule has 1 heterocycles. The molecule has 0 aliphatic carbocycles. The maximum absolute atomic E-state index is 12.3. The zero-order valence-electron chi connectivity index (χ0n) is 14.3. The number of nitrogens with zero attached hydrogens (tertiary/aromatic N) is 2. The van der Waals surface area contributed by atoms with Crippen molar-refractivity contribution >= 4 is 17.5 Å². The van der Waals surface area contributed by atoms with E-state index in [9.17, 15) is 14.9 Å². The third-order valence-corrected chi connectivity index (χ3v) is 4.11. The van der Waals surface area contributed by atoms with Gasteiger partial charge >= 0.3 is 5.97 Å². The molecule has 0 amide bonds. The van der Waals surface area contributed by atoms with Gasteiger partial charge in [0.1, 0.15) is 5.84 Å². The molecule has 0 radical (unpaired) electrons. The van der Waals surface area contributed by atoms with E-state index in [0.717, 1.165) is 5.56 Å². The fraction of sp³-hybridized carbons (Fsp3) is 0.158. The van der Waals surface area contributed by atoms with Crippen LogP contribution in [0.15, 0.2) is 70.9 Å². The lowest BCUT2D eigenvalue weighted by molar-refractivity contribution is -0.384. The quantitative estimate of drug-likeness (QED) is 0.519. The van der Waals surface area contributed by atoms with Crippen molar-refractivity contribution in [1.82, 2.24) is 5.32 Å². The second-order valence-electron chi connectivity index (χ2n) is 5.75. The maximum atomic E-state index is 12.3. The topological polar surface area (TPSA) is 93.8 Å². The number of aliphatic imine (C=N–C) groups is 1. The van der Waals surface area contributed by atoms with Crippen LogP contribution in [-0.4, -0.2) is 23.8 Å². The summed E-state index contributed by atoms with van der Waals surface area (Å²) in [5, 5.41) is 14.3. The van der Waals surface area contributed by atoms with Gasteiger partial charge in [0, 0.05) is 17.7 Å².